The van der Waals surface area contributed by atoms with Crippen molar-refractivity contribution in [1.82, 2.24) is 5.32 Å². The van der Waals surface area contributed by atoms with Gasteiger partial charge in [-0.2, -0.15) is 13.2 Å². The van der Waals surface area contributed by atoms with E-state index in [2.05, 4.69) is 9.73 Å². The second-order valence-electron chi connectivity index (χ2n) is 3.48. The standard InChI is InChI=1S/C10H5F3O2.C2H7N/c11-10(12,13)7-5-6-3-1-2-4-8(6)15-9(7)14;1-3-2/h1-5H;3H,1-2H3. The van der Waals surface area contributed by atoms with E-state index in [0.717, 1.165) is 6.07 Å². The molecule has 0 aliphatic rings. The minimum absolute atomic E-state index is 0.149. The maximum atomic E-state index is 12.3. The number of nitrogens with one attached hydrogen (secondary N) is 1. The van der Waals surface area contributed by atoms with Crippen LogP contribution in [-0.2, 0) is 6.18 Å². The first-order valence-electron chi connectivity index (χ1n) is 5.08. The van der Waals surface area contributed by atoms with Crippen LogP contribution in [0.25, 0.3) is 11.0 Å². The lowest BCUT2D eigenvalue weighted by atomic mass is 10.2. The molecule has 1 heterocycles. The summed E-state index contributed by atoms with van der Waals surface area (Å²) < 4.78 is 41.5. The van der Waals surface area contributed by atoms with Crippen molar-refractivity contribution in [3.05, 3.63) is 46.3 Å². The molecule has 6 heteroatoms. The molecule has 0 radical (unpaired) electrons. The van der Waals surface area contributed by atoms with Crippen LogP contribution in [0.4, 0.5) is 13.2 Å². The number of hydrogen-bond donors (Lipinski definition) is 1. The van der Waals surface area contributed by atoms with E-state index in [1.165, 1.54) is 12.1 Å². The molecule has 0 amide bonds. The minimum atomic E-state index is -4.68. The van der Waals surface area contributed by atoms with Crippen molar-refractivity contribution in [2.45, 2.75) is 6.18 Å². The summed E-state index contributed by atoms with van der Waals surface area (Å²) >= 11 is 0. The second-order valence-corrected chi connectivity index (χ2v) is 3.48. The van der Waals surface area contributed by atoms with Crippen molar-refractivity contribution in [2.75, 3.05) is 14.1 Å². The van der Waals surface area contributed by atoms with Crippen LogP contribution in [-0.4, -0.2) is 14.1 Å². The average molecular weight is 259 g/mol. The van der Waals surface area contributed by atoms with E-state index in [4.69, 9.17) is 0 Å². The largest absolute Gasteiger partial charge is 0.423 e. The average Bonchev–Trinajstić information content (AvgIpc) is 2.27. The Morgan fingerprint density at radius 3 is 2.28 bits per heavy atom. The molecule has 0 saturated carbocycles. The van der Waals surface area contributed by atoms with E-state index >= 15 is 0 Å². The number of rotatable bonds is 0. The first-order valence-corrected chi connectivity index (χ1v) is 5.08. The number of benzene rings is 1. The van der Waals surface area contributed by atoms with Crippen LogP contribution in [0.5, 0.6) is 0 Å². The van der Waals surface area contributed by atoms with Gasteiger partial charge in [0.1, 0.15) is 11.1 Å². The van der Waals surface area contributed by atoms with Gasteiger partial charge in [0.15, 0.2) is 0 Å². The summed E-state index contributed by atoms with van der Waals surface area (Å²) in [5, 5.41) is 3.00. The Hall–Kier alpha value is -1.82. The molecule has 1 aromatic carbocycles. The fourth-order valence-corrected chi connectivity index (χ4v) is 1.26. The SMILES string of the molecule is CNC.O=c1oc2ccccc2cc1C(F)(F)F. The lowest BCUT2D eigenvalue weighted by Gasteiger charge is -2.05. The van der Waals surface area contributed by atoms with Crippen molar-refractivity contribution < 1.29 is 17.6 Å². The molecule has 0 aliphatic carbocycles. The molecule has 1 aromatic heterocycles. The van der Waals surface area contributed by atoms with E-state index in [1.54, 1.807) is 12.1 Å². The van der Waals surface area contributed by atoms with Crippen molar-refractivity contribution in [2.24, 2.45) is 0 Å². The Bertz CT molecular complexity index is 575. The summed E-state index contributed by atoms with van der Waals surface area (Å²) in [5.41, 5.74) is -2.49. The van der Waals surface area contributed by atoms with Gasteiger partial charge in [-0.3, -0.25) is 0 Å². The Kier molecular flexibility index (Phi) is 4.49. The lowest BCUT2D eigenvalue weighted by molar-refractivity contribution is -0.139. The molecule has 18 heavy (non-hydrogen) atoms. The predicted molar refractivity (Wildman–Crippen MR) is 62.5 cm³/mol. The fourth-order valence-electron chi connectivity index (χ4n) is 1.26. The zero-order chi connectivity index (χ0) is 13.8. The van der Waals surface area contributed by atoms with E-state index in [9.17, 15) is 18.0 Å². The smallest absolute Gasteiger partial charge is 0.422 e. The number of hydrogen-bond acceptors (Lipinski definition) is 3. The monoisotopic (exact) mass is 259 g/mol. The Labute approximate surface area is 101 Å². The quantitative estimate of drug-likeness (QED) is 0.739. The normalized spacial score (nSPS) is 10.9. The molecule has 0 fully saturated rings. The molecule has 2 rings (SSSR count). The van der Waals surface area contributed by atoms with Crippen LogP contribution in [0.2, 0.25) is 0 Å². The summed E-state index contributed by atoms with van der Waals surface area (Å²) in [7, 11) is 3.75. The second kappa shape index (κ2) is 5.68. The third-order valence-corrected chi connectivity index (χ3v) is 1.95. The Morgan fingerprint density at radius 1 is 1.17 bits per heavy atom. The molecule has 1 N–H and O–H groups in total. The minimum Gasteiger partial charge on any atom is -0.422 e. The van der Waals surface area contributed by atoms with Gasteiger partial charge in [0.05, 0.1) is 0 Å². The van der Waals surface area contributed by atoms with Crippen molar-refractivity contribution in [3.8, 4) is 0 Å². The summed E-state index contributed by atoms with van der Waals surface area (Å²) in [5.74, 6) is 0. The molecule has 0 spiro atoms. The highest BCUT2D eigenvalue weighted by Crippen LogP contribution is 2.28. The zero-order valence-electron chi connectivity index (χ0n) is 9.84. The number of halogens is 3. The van der Waals surface area contributed by atoms with E-state index < -0.39 is 17.4 Å². The highest BCUT2D eigenvalue weighted by Gasteiger charge is 2.35. The molecule has 3 nitrogen and oxygen atoms in total. The summed E-state index contributed by atoms with van der Waals surface area (Å²) in [6.07, 6.45) is -4.68. The maximum absolute atomic E-state index is 12.3. The van der Waals surface area contributed by atoms with Crippen LogP contribution >= 0.6 is 0 Å². The number of fused-ring (bicyclic) bond motifs is 1. The van der Waals surface area contributed by atoms with E-state index in [1.807, 2.05) is 14.1 Å². The molecule has 98 valence electrons. The molecule has 0 saturated heterocycles. The molecular weight excluding hydrogens is 247 g/mol. The molecule has 2 aromatic rings. The molecule has 0 bridgehead atoms. The molecule has 0 unspecified atom stereocenters. The summed E-state index contributed by atoms with van der Waals surface area (Å²) in [6.45, 7) is 0. The van der Waals surface area contributed by atoms with Gasteiger partial charge in [0.25, 0.3) is 0 Å². The fraction of sp³-hybridized carbons (Fsp3) is 0.250. The van der Waals surface area contributed by atoms with Crippen LogP contribution in [0, 0.1) is 0 Å². The van der Waals surface area contributed by atoms with E-state index in [-0.39, 0.29) is 11.0 Å². The Balaban J connectivity index is 0.000000492. The molecule has 0 aliphatic heterocycles. The van der Waals surface area contributed by atoms with Crippen LogP contribution in [0.15, 0.2) is 39.5 Å². The number of alkyl halides is 3. The summed E-state index contributed by atoms with van der Waals surface area (Å²) in [4.78, 5) is 11.0. The third-order valence-electron chi connectivity index (χ3n) is 1.95. The van der Waals surface area contributed by atoms with E-state index in [0.29, 0.717) is 0 Å². The maximum Gasteiger partial charge on any atom is 0.423 e. The van der Waals surface area contributed by atoms with Gasteiger partial charge in [-0.1, -0.05) is 18.2 Å². The number of para-hydroxylation sites is 1. The summed E-state index contributed by atoms with van der Waals surface area (Å²) in [6, 6.07) is 6.84. The van der Waals surface area contributed by atoms with Gasteiger partial charge in [-0.05, 0) is 26.2 Å². The highest BCUT2D eigenvalue weighted by atomic mass is 19.4. The Morgan fingerprint density at radius 2 is 1.72 bits per heavy atom. The zero-order valence-corrected chi connectivity index (χ0v) is 9.84. The van der Waals surface area contributed by atoms with Crippen LogP contribution in [0.1, 0.15) is 5.56 Å². The van der Waals surface area contributed by atoms with Gasteiger partial charge < -0.3 is 9.73 Å². The van der Waals surface area contributed by atoms with Gasteiger partial charge in [-0.15, -0.1) is 0 Å². The van der Waals surface area contributed by atoms with Gasteiger partial charge in [-0.25, -0.2) is 4.79 Å². The lowest BCUT2D eigenvalue weighted by Crippen LogP contribution is -2.17. The molecular formula is C12H12F3NO2. The van der Waals surface area contributed by atoms with Crippen LogP contribution in [0.3, 0.4) is 0 Å². The highest BCUT2D eigenvalue weighted by molar-refractivity contribution is 5.76. The van der Waals surface area contributed by atoms with Crippen LogP contribution < -0.4 is 10.9 Å². The molecule has 0 atom stereocenters. The van der Waals surface area contributed by atoms with Gasteiger partial charge >= 0.3 is 11.8 Å². The first kappa shape index (κ1) is 14.2. The topological polar surface area (TPSA) is 42.2 Å². The van der Waals surface area contributed by atoms with Gasteiger partial charge in [0.2, 0.25) is 0 Å². The van der Waals surface area contributed by atoms with Crippen molar-refractivity contribution in [1.29, 1.82) is 0 Å². The predicted octanol–water partition coefficient (Wildman–Crippen LogP) is 2.65. The third kappa shape index (κ3) is 3.33. The van der Waals surface area contributed by atoms with Crippen molar-refractivity contribution in [3.63, 3.8) is 0 Å². The van der Waals surface area contributed by atoms with Gasteiger partial charge in [0, 0.05) is 5.39 Å². The van der Waals surface area contributed by atoms with Crippen molar-refractivity contribution >= 4 is 11.0 Å². The first-order chi connectivity index (χ1) is 8.40.